The van der Waals surface area contributed by atoms with E-state index in [1.807, 2.05) is 0 Å². The van der Waals surface area contributed by atoms with Crippen LogP contribution in [0.15, 0.2) is 0 Å². The molecule has 0 aliphatic carbocycles. The summed E-state index contributed by atoms with van der Waals surface area (Å²) < 4.78 is 5.47. The highest BCUT2D eigenvalue weighted by molar-refractivity contribution is 4.78. The Morgan fingerprint density at radius 3 is 2.80 bits per heavy atom. The number of fused-ring (bicyclic) bond motifs is 3. The summed E-state index contributed by atoms with van der Waals surface area (Å²) in [6.07, 6.45) is 3.12. The van der Waals surface area contributed by atoms with Crippen molar-refractivity contribution < 1.29 is 14.5 Å². The fourth-order valence-electron chi connectivity index (χ4n) is 1.42. The maximum Gasteiger partial charge on any atom is 0.201 e. The second-order valence-electron chi connectivity index (χ2n) is 2.92. The van der Waals surface area contributed by atoms with Gasteiger partial charge < -0.3 is 4.74 Å². The third kappa shape index (κ3) is 0.856. The van der Waals surface area contributed by atoms with Crippen molar-refractivity contribution in [2.24, 2.45) is 0 Å². The van der Waals surface area contributed by atoms with E-state index in [2.05, 4.69) is 6.92 Å². The minimum Gasteiger partial charge on any atom is -0.344 e. The van der Waals surface area contributed by atoms with Gasteiger partial charge >= 0.3 is 0 Å². The molecule has 2 bridgehead atoms. The van der Waals surface area contributed by atoms with Gasteiger partial charge in [-0.2, -0.15) is 0 Å². The lowest BCUT2D eigenvalue weighted by molar-refractivity contribution is -0.511. The van der Waals surface area contributed by atoms with Crippen LogP contribution in [0.1, 0.15) is 26.2 Å². The Morgan fingerprint density at radius 1 is 1.60 bits per heavy atom. The van der Waals surface area contributed by atoms with Crippen LogP contribution in [0.5, 0.6) is 0 Å². The quantitative estimate of drug-likeness (QED) is 0.518. The van der Waals surface area contributed by atoms with Crippen LogP contribution in [-0.2, 0) is 14.5 Å². The number of rotatable bonds is 1. The standard InChI is InChI=1S/C7H12O3/c1-2-7-4-3-6(5-8-7)9-10-7/h6H,2-5H2,1H3. The fourth-order valence-corrected chi connectivity index (χ4v) is 1.42. The highest BCUT2D eigenvalue weighted by Crippen LogP contribution is 2.36. The average Bonchev–Trinajstić information content (AvgIpc) is 2.08. The third-order valence-corrected chi connectivity index (χ3v) is 2.25. The molecule has 0 aromatic heterocycles. The molecule has 3 aliphatic rings. The van der Waals surface area contributed by atoms with E-state index in [0.29, 0.717) is 6.61 Å². The summed E-state index contributed by atoms with van der Waals surface area (Å²) in [6, 6.07) is 0. The summed E-state index contributed by atoms with van der Waals surface area (Å²) in [5.74, 6) is -0.394. The molecule has 10 heavy (non-hydrogen) atoms. The van der Waals surface area contributed by atoms with Crippen molar-refractivity contribution in [2.75, 3.05) is 6.61 Å². The lowest BCUT2D eigenvalue weighted by Gasteiger charge is -2.43. The van der Waals surface area contributed by atoms with E-state index in [1.165, 1.54) is 0 Å². The summed E-state index contributed by atoms with van der Waals surface area (Å²) in [5.41, 5.74) is 0. The Labute approximate surface area is 60.2 Å². The maximum absolute atomic E-state index is 5.47. The molecule has 0 aromatic rings. The van der Waals surface area contributed by atoms with Crippen molar-refractivity contribution in [3.05, 3.63) is 0 Å². The Kier molecular flexibility index (Phi) is 1.44. The first kappa shape index (κ1) is 6.58. The highest BCUT2D eigenvalue weighted by atomic mass is 17.2. The Hall–Kier alpha value is -0.120. The number of hydrogen-bond acceptors (Lipinski definition) is 3. The van der Waals surface area contributed by atoms with E-state index in [1.54, 1.807) is 0 Å². The summed E-state index contributed by atoms with van der Waals surface area (Å²) in [7, 11) is 0. The van der Waals surface area contributed by atoms with Crippen LogP contribution in [0, 0.1) is 0 Å². The molecule has 0 spiro atoms. The summed E-state index contributed by atoms with van der Waals surface area (Å²) >= 11 is 0. The largest absolute Gasteiger partial charge is 0.344 e. The normalized spacial score (nSPS) is 45.9. The third-order valence-electron chi connectivity index (χ3n) is 2.25. The fraction of sp³-hybridized carbons (Fsp3) is 1.00. The van der Waals surface area contributed by atoms with Crippen LogP contribution >= 0.6 is 0 Å². The van der Waals surface area contributed by atoms with E-state index < -0.39 is 5.79 Å². The molecular formula is C7H12O3. The molecule has 58 valence electrons. The summed E-state index contributed by atoms with van der Waals surface area (Å²) in [5, 5.41) is 0. The van der Waals surface area contributed by atoms with Crippen molar-refractivity contribution in [3.8, 4) is 0 Å². The van der Waals surface area contributed by atoms with Crippen LogP contribution in [0.4, 0.5) is 0 Å². The lowest BCUT2D eigenvalue weighted by Crippen LogP contribution is -2.50. The maximum atomic E-state index is 5.47. The van der Waals surface area contributed by atoms with Gasteiger partial charge in [-0.25, -0.2) is 9.78 Å². The van der Waals surface area contributed by atoms with Gasteiger partial charge in [-0.3, -0.25) is 0 Å². The molecule has 3 nitrogen and oxygen atoms in total. The van der Waals surface area contributed by atoms with E-state index >= 15 is 0 Å². The molecule has 3 fully saturated rings. The van der Waals surface area contributed by atoms with Crippen molar-refractivity contribution in [1.82, 2.24) is 0 Å². The Balaban J connectivity index is 2.08. The minimum absolute atomic E-state index is 0.188. The van der Waals surface area contributed by atoms with Crippen molar-refractivity contribution in [3.63, 3.8) is 0 Å². The van der Waals surface area contributed by atoms with Gasteiger partial charge in [-0.1, -0.05) is 6.92 Å². The first-order valence-electron chi connectivity index (χ1n) is 3.83. The minimum atomic E-state index is -0.394. The van der Waals surface area contributed by atoms with Crippen molar-refractivity contribution in [1.29, 1.82) is 0 Å². The number of hydrogen-bond donors (Lipinski definition) is 0. The van der Waals surface area contributed by atoms with Crippen LogP contribution in [0.2, 0.25) is 0 Å². The Morgan fingerprint density at radius 2 is 2.50 bits per heavy atom. The second-order valence-corrected chi connectivity index (χ2v) is 2.92. The second kappa shape index (κ2) is 2.19. The SMILES string of the molecule is CCC12CCC(CO1)OO2. The molecule has 3 saturated heterocycles. The van der Waals surface area contributed by atoms with E-state index in [-0.39, 0.29) is 6.10 Å². The monoisotopic (exact) mass is 144 g/mol. The van der Waals surface area contributed by atoms with Crippen LogP contribution in [0.25, 0.3) is 0 Å². The zero-order chi connectivity index (χ0) is 7.03. The summed E-state index contributed by atoms with van der Waals surface area (Å²) in [6.45, 7) is 2.75. The topological polar surface area (TPSA) is 27.7 Å². The van der Waals surface area contributed by atoms with E-state index in [0.717, 1.165) is 19.3 Å². The molecule has 3 rings (SSSR count). The summed E-state index contributed by atoms with van der Waals surface area (Å²) in [4.78, 5) is 10.1. The molecule has 0 amide bonds. The number of ether oxygens (including phenoxy) is 1. The van der Waals surface area contributed by atoms with Gasteiger partial charge in [0.1, 0.15) is 6.10 Å². The molecule has 0 saturated carbocycles. The molecule has 3 heterocycles. The van der Waals surface area contributed by atoms with Gasteiger partial charge in [-0.15, -0.1) is 0 Å². The Bertz CT molecular complexity index is 113. The van der Waals surface area contributed by atoms with Crippen LogP contribution in [-0.4, -0.2) is 18.5 Å². The predicted molar refractivity (Wildman–Crippen MR) is 34.2 cm³/mol. The first-order chi connectivity index (χ1) is 4.85. The molecule has 2 atom stereocenters. The van der Waals surface area contributed by atoms with Gasteiger partial charge in [0.2, 0.25) is 5.79 Å². The highest BCUT2D eigenvalue weighted by Gasteiger charge is 2.43. The molecule has 0 N–H and O–H groups in total. The average molecular weight is 144 g/mol. The first-order valence-corrected chi connectivity index (χ1v) is 3.83. The zero-order valence-corrected chi connectivity index (χ0v) is 6.13. The van der Waals surface area contributed by atoms with Gasteiger partial charge in [-0.05, 0) is 6.42 Å². The van der Waals surface area contributed by atoms with Crippen LogP contribution in [0.3, 0.4) is 0 Å². The van der Waals surface area contributed by atoms with Gasteiger partial charge in [0.25, 0.3) is 0 Å². The lowest BCUT2D eigenvalue weighted by atomic mass is 10.0. The molecule has 2 unspecified atom stereocenters. The van der Waals surface area contributed by atoms with Crippen molar-refractivity contribution in [2.45, 2.75) is 38.1 Å². The van der Waals surface area contributed by atoms with E-state index in [4.69, 9.17) is 14.5 Å². The van der Waals surface area contributed by atoms with Gasteiger partial charge in [0.05, 0.1) is 6.61 Å². The zero-order valence-electron chi connectivity index (χ0n) is 6.13. The van der Waals surface area contributed by atoms with E-state index in [9.17, 15) is 0 Å². The smallest absolute Gasteiger partial charge is 0.201 e. The van der Waals surface area contributed by atoms with Gasteiger partial charge in [0.15, 0.2) is 0 Å². The molecule has 3 heteroatoms. The predicted octanol–water partition coefficient (Wildman–Crippen LogP) is 1.23. The van der Waals surface area contributed by atoms with Crippen LogP contribution < -0.4 is 0 Å². The molecular weight excluding hydrogens is 132 g/mol. The molecule has 0 aromatic carbocycles. The van der Waals surface area contributed by atoms with Gasteiger partial charge in [0, 0.05) is 12.8 Å². The molecule has 3 aliphatic heterocycles. The van der Waals surface area contributed by atoms with Crippen molar-refractivity contribution >= 4 is 0 Å². The molecule has 0 radical (unpaired) electrons.